The minimum atomic E-state index is -3.57. The number of sulfonamides is 1. The van der Waals surface area contributed by atoms with Crippen molar-refractivity contribution in [2.45, 2.75) is 4.21 Å². The largest absolute Gasteiger partial charge is 0.389 e. The molecule has 1 aromatic heterocycles. The van der Waals surface area contributed by atoms with E-state index in [9.17, 15) is 8.42 Å². The van der Waals surface area contributed by atoms with Crippen LogP contribution in [-0.4, -0.2) is 20.5 Å². The third kappa shape index (κ3) is 2.63. The van der Waals surface area contributed by atoms with Crippen molar-refractivity contribution in [1.29, 1.82) is 0 Å². The second-order valence-corrected chi connectivity index (χ2v) is 7.37. The second kappa shape index (κ2) is 5.28. The molecular formula is C12H12N2O2S3. The van der Waals surface area contributed by atoms with E-state index in [1.54, 1.807) is 41.8 Å². The van der Waals surface area contributed by atoms with E-state index in [2.05, 4.69) is 0 Å². The predicted molar refractivity (Wildman–Crippen MR) is 82.2 cm³/mol. The summed E-state index contributed by atoms with van der Waals surface area (Å²) in [7, 11) is -2.08. The number of hydrogen-bond donors (Lipinski definition) is 1. The molecule has 0 bridgehead atoms. The molecule has 0 radical (unpaired) electrons. The lowest BCUT2D eigenvalue weighted by Gasteiger charge is -2.21. The number of thiocarbonyl (C=S) groups is 1. The topological polar surface area (TPSA) is 63.4 Å². The third-order valence-corrected chi connectivity index (χ3v) is 5.98. The molecule has 0 aliphatic heterocycles. The Bertz CT molecular complexity index is 694. The lowest BCUT2D eigenvalue weighted by molar-refractivity contribution is 0.596. The highest BCUT2D eigenvalue weighted by Gasteiger charge is 2.24. The highest BCUT2D eigenvalue weighted by molar-refractivity contribution is 7.94. The molecule has 0 aliphatic rings. The average Bonchev–Trinajstić information content (AvgIpc) is 2.92. The summed E-state index contributed by atoms with van der Waals surface area (Å²) in [6.07, 6.45) is 0. The fraction of sp³-hybridized carbons (Fsp3) is 0.0833. The molecule has 1 aromatic carbocycles. The smallest absolute Gasteiger partial charge is 0.273 e. The summed E-state index contributed by atoms with van der Waals surface area (Å²) in [5.41, 5.74) is 6.64. The fourth-order valence-corrected chi connectivity index (χ4v) is 4.18. The fourth-order valence-electron chi connectivity index (χ4n) is 1.63. The van der Waals surface area contributed by atoms with Crippen molar-refractivity contribution in [3.05, 3.63) is 47.3 Å². The monoisotopic (exact) mass is 312 g/mol. The highest BCUT2D eigenvalue weighted by atomic mass is 32.2. The summed E-state index contributed by atoms with van der Waals surface area (Å²) in [4.78, 5) is 0.170. The summed E-state index contributed by atoms with van der Waals surface area (Å²) >= 11 is 6.12. The van der Waals surface area contributed by atoms with Gasteiger partial charge < -0.3 is 5.73 Å². The summed E-state index contributed by atoms with van der Waals surface area (Å²) < 4.78 is 26.3. The maximum atomic E-state index is 12.4. The van der Waals surface area contributed by atoms with Crippen LogP contribution < -0.4 is 10.0 Å². The summed E-state index contributed by atoms with van der Waals surface area (Å²) in [6.45, 7) is 0. The Morgan fingerprint density at radius 2 is 1.95 bits per heavy atom. The van der Waals surface area contributed by atoms with E-state index in [-0.39, 0.29) is 9.20 Å². The van der Waals surface area contributed by atoms with Crippen molar-refractivity contribution in [2.75, 3.05) is 11.4 Å². The standard InChI is InChI=1S/C12H12N2O2S3/c1-14(19(15,16)11-7-4-8-18-11)10-6-3-2-5-9(10)12(13)17/h2-8H,1H3,(H2,13,17). The van der Waals surface area contributed by atoms with Crippen LogP contribution in [0.2, 0.25) is 0 Å². The van der Waals surface area contributed by atoms with Crippen molar-refractivity contribution in [3.8, 4) is 0 Å². The molecule has 0 unspecified atom stereocenters. The van der Waals surface area contributed by atoms with Crippen LogP contribution in [0.4, 0.5) is 5.69 Å². The maximum Gasteiger partial charge on any atom is 0.273 e. The molecule has 0 amide bonds. The molecule has 2 N–H and O–H groups in total. The summed E-state index contributed by atoms with van der Waals surface area (Å²) in [6, 6.07) is 10.2. The quantitative estimate of drug-likeness (QED) is 0.879. The van der Waals surface area contributed by atoms with Crippen LogP contribution in [0.5, 0.6) is 0 Å². The van der Waals surface area contributed by atoms with Gasteiger partial charge in [-0.2, -0.15) is 0 Å². The van der Waals surface area contributed by atoms with Gasteiger partial charge in [-0.15, -0.1) is 11.3 Å². The predicted octanol–water partition coefficient (Wildman–Crippen LogP) is 2.21. The Labute approximate surface area is 121 Å². The molecule has 19 heavy (non-hydrogen) atoms. The van der Waals surface area contributed by atoms with E-state index in [1.807, 2.05) is 0 Å². The van der Waals surface area contributed by atoms with Crippen molar-refractivity contribution in [3.63, 3.8) is 0 Å². The molecular weight excluding hydrogens is 300 g/mol. The van der Waals surface area contributed by atoms with Crippen molar-refractivity contribution < 1.29 is 8.42 Å². The molecule has 1 heterocycles. The SMILES string of the molecule is CN(c1ccccc1C(N)=S)S(=O)(=O)c1cccs1. The molecule has 7 heteroatoms. The van der Waals surface area contributed by atoms with Gasteiger partial charge in [-0.3, -0.25) is 4.31 Å². The Balaban J connectivity index is 2.52. The normalized spacial score (nSPS) is 11.2. The van der Waals surface area contributed by atoms with E-state index in [1.165, 1.54) is 22.7 Å². The van der Waals surface area contributed by atoms with Crippen LogP contribution in [0.15, 0.2) is 46.0 Å². The van der Waals surface area contributed by atoms with Crippen molar-refractivity contribution in [2.24, 2.45) is 5.73 Å². The number of hydrogen-bond acceptors (Lipinski definition) is 4. The first-order valence-corrected chi connectivity index (χ1v) is 8.08. The van der Waals surface area contributed by atoms with E-state index in [0.717, 1.165) is 0 Å². The zero-order valence-electron chi connectivity index (χ0n) is 10.1. The molecule has 100 valence electrons. The summed E-state index contributed by atoms with van der Waals surface area (Å²) in [5.74, 6) is 0. The van der Waals surface area contributed by atoms with E-state index in [0.29, 0.717) is 11.3 Å². The molecule has 4 nitrogen and oxygen atoms in total. The third-order valence-electron chi connectivity index (χ3n) is 2.62. The second-order valence-electron chi connectivity index (χ2n) is 3.79. The van der Waals surface area contributed by atoms with Gasteiger partial charge in [0.2, 0.25) is 0 Å². The first-order valence-electron chi connectivity index (χ1n) is 5.36. The van der Waals surface area contributed by atoms with Gasteiger partial charge in [0, 0.05) is 12.6 Å². The van der Waals surface area contributed by atoms with Gasteiger partial charge in [-0.1, -0.05) is 30.4 Å². The molecule has 0 saturated carbocycles. The molecule has 0 aliphatic carbocycles. The van der Waals surface area contributed by atoms with E-state index >= 15 is 0 Å². The zero-order chi connectivity index (χ0) is 14.0. The number of para-hydroxylation sites is 1. The van der Waals surface area contributed by atoms with Crippen molar-refractivity contribution in [1.82, 2.24) is 0 Å². The Morgan fingerprint density at radius 1 is 1.26 bits per heavy atom. The molecule has 0 atom stereocenters. The number of benzene rings is 1. The van der Waals surface area contributed by atoms with Crippen LogP contribution in [0, 0.1) is 0 Å². The van der Waals surface area contributed by atoms with Crippen LogP contribution in [-0.2, 0) is 10.0 Å². The van der Waals surface area contributed by atoms with Crippen LogP contribution >= 0.6 is 23.6 Å². The van der Waals surface area contributed by atoms with Gasteiger partial charge in [0.25, 0.3) is 10.0 Å². The molecule has 2 aromatic rings. The van der Waals surface area contributed by atoms with Gasteiger partial charge in [0.1, 0.15) is 9.20 Å². The number of rotatable bonds is 4. The van der Waals surface area contributed by atoms with E-state index in [4.69, 9.17) is 18.0 Å². The van der Waals surface area contributed by atoms with Gasteiger partial charge in [0.15, 0.2) is 0 Å². The van der Waals surface area contributed by atoms with E-state index < -0.39 is 10.0 Å². The number of thiophene rings is 1. The number of nitrogens with two attached hydrogens (primary N) is 1. The van der Waals surface area contributed by atoms with Gasteiger partial charge in [-0.25, -0.2) is 8.42 Å². The van der Waals surface area contributed by atoms with Crippen LogP contribution in [0.1, 0.15) is 5.56 Å². The lowest BCUT2D eigenvalue weighted by Crippen LogP contribution is -2.28. The number of anilines is 1. The Morgan fingerprint density at radius 3 is 2.53 bits per heavy atom. The van der Waals surface area contributed by atoms with Crippen LogP contribution in [0.3, 0.4) is 0 Å². The lowest BCUT2D eigenvalue weighted by atomic mass is 10.2. The Hall–Kier alpha value is -1.44. The summed E-state index contributed by atoms with van der Waals surface area (Å²) in [5, 5.41) is 1.72. The van der Waals surface area contributed by atoms with Gasteiger partial charge in [-0.05, 0) is 23.6 Å². The molecule has 2 rings (SSSR count). The Kier molecular flexibility index (Phi) is 3.88. The zero-order valence-corrected chi connectivity index (χ0v) is 12.6. The molecule has 0 spiro atoms. The van der Waals surface area contributed by atoms with Gasteiger partial charge >= 0.3 is 0 Å². The van der Waals surface area contributed by atoms with Crippen LogP contribution in [0.25, 0.3) is 0 Å². The molecule has 0 fully saturated rings. The maximum absolute atomic E-state index is 12.4. The highest BCUT2D eigenvalue weighted by Crippen LogP contribution is 2.27. The first kappa shape index (κ1) is 14.0. The number of nitrogens with zero attached hydrogens (tertiary/aromatic N) is 1. The average molecular weight is 312 g/mol. The minimum Gasteiger partial charge on any atom is -0.389 e. The first-order chi connectivity index (χ1) is 8.94. The minimum absolute atomic E-state index is 0.170. The molecule has 0 saturated heterocycles. The van der Waals surface area contributed by atoms with Crippen molar-refractivity contribution >= 4 is 44.3 Å². The van der Waals surface area contributed by atoms with Gasteiger partial charge in [0.05, 0.1) is 5.69 Å².